The van der Waals surface area contributed by atoms with Crippen molar-refractivity contribution in [2.75, 3.05) is 12.8 Å². The summed E-state index contributed by atoms with van der Waals surface area (Å²) in [6.07, 6.45) is 1.21. The molecular weight excluding hydrogens is 288 g/mol. The van der Waals surface area contributed by atoms with E-state index in [4.69, 9.17) is 26.8 Å². The number of anilines is 1. The number of hydrogen-bond donors (Lipinski definition) is 1. The molecule has 1 heterocycles. The van der Waals surface area contributed by atoms with E-state index in [0.717, 1.165) is 0 Å². The standard InChI is InChI=1S/C11H9ClN4O4/c1-19-9-10(13)14-5-15-11(9)20-6-2-3-8(16(17)18)7(12)4-6/h2-5H,1H3,(H2,13,14,15). The largest absolute Gasteiger partial charge is 0.489 e. The Morgan fingerprint density at radius 2 is 2.15 bits per heavy atom. The van der Waals surface area contributed by atoms with E-state index in [1.165, 1.54) is 31.6 Å². The average molecular weight is 297 g/mol. The highest BCUT2D eigenvalue weighted by Gasteiger charge is 2.16. The van der Waals surface area contributed by atoms with Gasteiger partial charge in [0.1, 0.15) is 17.1 Å². The molecule has 2 rings (SSSR count). The van der Waals surface area contributed by atoms with Crippen LogP contribution in [-0.4, -0.2) is 22.0 Å². The van der Waals surface area contributed by atoms with Crippen molar-refractivity contribution in [3.63, 3.8) is 0 Å². The van der Waals surface area contributed by atoms with E-state index in [1.807, 2.05) is 0 Å². The van der Waals surface area contributed by atoms with Crippen molar-refractivity contribution >= 4 is 23.1 Å². The molecule has 20 heavy (non-hydrogen) atoms. The second-order valence-corrected chi connectivity index (χ2v) is 3.98. The Morgan fingerprint density at radius 1 is 1.40 bits per heavy atom. The van der Waals surface area contributed by atoms with Crippen molar-refractivity contribution in [2.45, 2.75) is 0 Å². The maximum Gasteiger partial charge on any atom is 0.288 e. The molecule has 0 saturated heterocycles. The van der Waals surface area contributed by atoms with Crippen LogP contribution in [0.4, 0.5) is 11.5 Å². The Balaban J connectivity index is 2.34. The normalized spacial score (nSPS) is 10.1. The topological polar surface area (TPSA) is 113 Å². The monoisotopic (exact) mass is 296 g/mol. The number of rotatable bonds is 4. The summed E-state index contributed by atoms with van der Waals surface area (Å²) in [5, 5.41) is 10.6. The van der Waals surface area contributed by atoms with Crippen molar-refractivity contribution in [1.29, 1.82) is 0 Å². The zero-order valence-electron chi connectivity index (χ0n) is 10.2. The van der Waals surface area contributed by atoms with Crippen LogP contribution in [0.2, 0.25) is 5.02 Å². The Kier molecular flexibility index (Phi) is 3.85. The molecule has 0 aliphatic rings. The van der Waals surface area contributed by atoms with Crippen molar-refractivity contribution < 1.29 is 14.4 Å². The number of nitro benzene ring substituents is 1. The lowest BCUT2D eigenvalue weighted by Crippen LogP contribution is -2.00. The van der Waals surface area contributed by atoms with Crippen molar-refractivity contribution in [1.82, 2.24) is 9.97 Å². The molecule has 0 aliphatic carbocycles. The van der Waals surface area contributed by atoms with E-state index in [0.29, 0.717) is 0 Å². The second-order valence-electron chi connectivity index (χ2n) is 3.57. The van der Waals surface area contributed by atoms with E-state index in [-0.39, 0.29) is 33.9 Å². The minimum atomic E-state index is -0.588. The molecule has 0 amide bonds. The fourth-order valence-corrected chi connectivity index (χ4v) is 1.69. The van der Waals surface area contributed by atoms with Gasteiger partial charge in [-0.05, 0) is 6.07 Å². The van der Waals surface area contributed by atoms with Gasteiger partial charge in [-0.1, -0.05) is 11.6 Å². The number of nitrogens with zero attached hydrogens (tertiary/aromatic N) is 3. The molecule has 104 valence electrons. The summed E-state index contributed by atoms with van der Waals surface area (Å²) < 4.78 is 10.5. The number of nitro groups is 1. The third kappa shape index (κ3) is 2.69. The molecule has 0 atom stereocenters. The van der Waals surface area contributed by atoms with E-state index in [9.17, 15) is 10.1 Å². The minimum Gasteiger partial charge on any atom is -0.489 e. The minimum absolute atomic E-state index is 0.0477. The maximum atomic E-state index is 10.7. The smallest absolute Gasteiger partial charge is 0.288 e. The molecule has 1 aromatic heterocycles. The number of methoxy groups -OCH3 is 1. The van der Waals surface area contributed by atoms with Gasteiger partial charge in [-0.25, -0.2) is 4.98 Å². The highest BCUT2D eigenvalue weighted by atomic mass is 35.5. The zero-order valence-corrected chi connectivity index (χ0v) is 11.0. The first kappa shape index (κ1) is 13.8. The van der Waals surface area contributed by atoms with Gasteiger partial charge in [-0.2, -0.15) is 4.98 Å². The number of nitrogen functional groups attached to an aromatic ring is 1. The SMILES string of the molecule is COc1c(N)ncnc1Oc1ccc([N+](=O)[O-])c(Cl)c1. The second kappa shape index (κ2) is 5.57. The van der Waals surface area contributed by atoms with E-state index in [1.54, 1.807) is 0 Å². The van der Waals surface area contributed by atoms with Crippen LogP contribution in [0.15, 0.2) is 24.5 Å². The number of hydrogen-bond acceptors (Lipinski definition) is 7. The molecule has 0 radical (unpaired) electrons. The zero-order chi connectivity index (χ0) is 14.7. The van der Waals surface area contributed by atoms with Crippen LogP contribution >= 0.6 is 11.6 Å². The van der Waals surface area contributed by atoms with Crippen molar-refractivity contribution in [3.8, 4) is 17.4 Å². The van der Waals surface area contributed by atoms with Crippen LogP contribution in [0, 0.1) is 10.1 Å². The lowest BCUT2D eigenvalue weighted by atomic mass is 10.3. The number of halogens is 1. The summed E-state index contributed by atoms with van der Waals surface area (Å²) in [6.45, 7) is 0. The summed E-state index contributed by atoms with van der Waals surface area (Å²) in [5.41, 5.74) is 5.39. The van der Waals surface area contributed by atoms with E-state index >= 15 is 0 Å². The Morgan fingerprint density at radius 3 is 2.75 bits per heavy atom. The first-order valence-electron chi connectivity index (χ1n) is 5.29. The number of aromatic nitrogens is 2. The Bertz CT molecular complexity index is 665. The summed E-state index contributed by atoms with van der Waals surface area (Å²) in [6, 6.07) is 3.92. The van der Waals surface area contributed by atoms with Gasteiger partial charge in [0.2, 0.25) is 5.75 Å². The molecule has 2 aromatic rings. The molecular formula is C11H9ClN4O4. The average Bonchev–Trinajstić information content (AvgIpc) is 2.38. The van der Waals surface area contributed by atoms with E-state index < -0.39 is 4.92 Å². The lowest BCUT2D eigenvalue weighted by molar-refractivity contribution is -0.384. The summed E-state index contributed by atoms with van der Waals surface area (Å²) in [5.74, 6) is 0.634. The first-order chi connectivity index (χ1) is 9.52. The van der Waals surface area contributed by atoms with Crippen LogP contribution in [0.3, 0.4) is 0 Å². The van der Waals surface area contributed by atoms with Crippen LogP contribution in [0.1, 0.15) is 0 Å². The fourth-order valence-electron chi connectivity index (χ4n) is 1.45. The van der Waals surface area contributed by atoms with Gasteiger partial charge in [-0.15, -0.1) is 0 Å². The molecule has 0 saturated carbocycles. The molecule has 0 unspecified atom stereocenters. The molecule has 8 nitrogen and oxygen atoms in total. The van der Waals surface area contributed by atoms with Gasteiger partial charge in [0.25, 0.3) is 11.6 Å². The quantitative estimate of drug-likeness (QED) is 0.680. The number of nitrogens with two attached hydrogens (primary N) is 1. The predicted molar refractivity (Wildman–Crippen MR) is 71.2 cm³/mol. The molecule has 0 bridgehead atoms. The summed E-state index contributed by atoms with van der Waals surface area (Å²) >= 11 is 5.79. The van der Waals surface area contributed by atoms with E-state index in [2.05, 4.69) is 9.97 Å². The molecule has 1 aromatic carbocycles. The van der Waals surface area contributed by atoms with Crippen LogP contribution in [0.5, 0.6) is 17.4 Å². The summed E-state index contributed by atoms with van der Waals surface area (Å²) in [4.78, 5) is 17.7. The van der Waals surface area contributed by atoms with Gasteiger partial charge >= 0.3 is 0 Å². The molecule has 2 N–H and O–H groups in total. The predicted octanol–water partition coefficient (Wildman–Crippen LogP) is 2.42. The van der Waals surface area contributed by atoms with Gasteiger partial charge in [-0.3, -0.25) is 10.1 Å². The lowest BCUT2D eigenvalue weighted by Gasteiger charge is -2.10. The van der Waals surface area contributed by atoms with Crippen LogP contribution < -0.4 is 15.2 Å². The highest BCUT2D eigenvalue weighted by Crippen LogP contribution is 2.35. The Labute approximate surface area is 118 Å². The first-order valence-corrected chi connectivity index (χ1v) is 5.67. The van der Waals surface area contributed by atoms with Crippen LogP contribution in [0.25, 0.3) is 0 Å². The van der Waals surface area contributed by atoms with Gasteiger partial charge in [0.15, 0.2) is 5.82 Å². The fraction of sp³-hybridized carbons (Fsp3) is 0.0909. The van der Waals surface area contributed by atoms with Gasteiger partial charge < -0.3 is 15.2 Å². The number of benzene rings is 1. The Hall–Kier alpha value is -2.61. The molecule has 9 heteroatoms. The molecule has 0 aliphatic heterocycles. The highest BCUT2D eigenvalue weighted by molar-refractivity contribution is 6.32. The summed E-state index contributed by atoms with van der Waals surface area (Å²) in [7, 11) is 1.39. The third-order valence-corrected chi connectivity index (χ3v) is 2.64. The molecule has 0 spiro atoms. The maximum absolute atomic E-state index is 10.7. The van der Waals surface area contributed by atoms with Crippen molar-refractivity contribution in [3.05, 3.63) is 39.7 Å². The van der Waals surface area contributed by atoms with Crippen LogP contribution in [-0.2, 0) is 0 Å². The molecule has 0 fully saturated rings. The third-order valence-electron chi connectivity index (χ3n) is 2.33. The van der Waals surface area contributed by atoms with Gasteiger partial charge in [0.05, 0.1) is 12.0 Å². The van der Waals surface area contributed by atoms with Gasteiger partial charge in [0, 0.05) is 12.1 Å². The number of ether oxygens (including phenoxy) is 2. The van der Waals surface area contributed by atoms with Crippen molar-refractivity contribution in [2.24, 2.45) is 0 Å².